The van der Waals surface area contributed by atoms with Crippen LogP contribution in [0.3, 0.4) is 0 Å². The molecule has 0 atom stereocenters. The molecular weight excluding hydrogens is 282 g/mol. The molecule has 2 aromatic rings. The Bertz CT molecular complexity index is 639. The topological polar surface area (TPSA) is 21.1 Å². The van der Waals surface area contributed by atoms with Crippen molar-refractivity contribution >= 4 is 17.3 Å². The average Bonchev–Trinajstić information content (AvgIpc) is 2.87. The fraction of sp³-hybridized carbons (Fsp3) is 0.353. The number of rotatable bonds is 2. The van der Waals surface area contributed by atoms with Crippen molar-refractivity contribution in [1.29, 1.82) is 0 Å². The van der Waals surface area contributed by atoms with Crippen LogP contribution in [-0.2, 0) is 0 Å². The monoisotopic (exact) mass is 299 g/mol. The Morgan fingerprint density at radius 3 is 2.43 bits per heavy atom. The largest absolute Gasteiger partial charge is 0.371 e. The summed E-state index contributed by atoms with van der Waals surface area (Å²) in [4.78, 5) is 2.40. The fourth-order valence-electron chi connectivity index (χ4n) is 2.80. The second-order valence-electron chi connectivity index (χ2n) is 5.45. The van der Waals surface area contributed by atoms with Crippen LogP contribution in [-0.4, -0.2) is 22.9 Å². The molecule has 3 rings (SSSR count). The van der Waals surface area contributed by atoms with Crippen molar-refractivity contribution in [3.05, 3.63) is 46.7 Å². The van der Waals surface area contributed by atoms with Gasteiger partial charge in [0, 0.05) is 30.5 Å². The van der Waals surface area contributed by atoms with Gasteiger partial charge in [0.1, 0.15) is 0 Å². The van der Waals surface area contributed by atoms with Gasteiger partial charge in [-0.05, 0) is 44.0 Å². The van der Waals surface area contributed by atoms with Crippen LogP contribution in [0.2, 0.25) is 5.02 Å². The van der Waals surface area contributed by atoms with Crippen molar-refractivity contribution in [1.82, 2.24) is 9.78 Å². The van der Waals surface area contributed by atoms with Gasteiger partial charge in [-0.3, -0.25) is 4.68 Å². The van der Waals surface area contributed by atoms with Crippen molar-refractivity contribution in [2.75, 3.05) is 18.0 Å². The zero-order chi connectivity index (χ0) is 14.8. The molecule has 0 spiro atoms. The molecular formula is C17H18ClN3. The molecule has 2 heterocycles. The summed E-state index contributed by atoms with van der Waals surface area (Å²) >= 11 is 6.09. The molecule has 0 saturated carbocycles. The minimum Gasteiger partial charge on any atom is -0.371 e. The number of terminal acetylenes is 1. The Morgan fingerprint density at radius 2 is 1.90 bits per heavy atom. The molecule has 1 aromatic carbocycles. The van der Waals surface area contributed by atoms with Crippen molar-refractivity contribution < 1.29 is 0 Å². The van der Waals surface area contributed by atoms with Gasteiger partial charge < -0.3 is 4.90 Å². The van der Waals surface area contributed by atoms with Crippen LogP contribution in [0.1, 0.15) is 30.1 Å². The highest BCUT2D eigenvalue weighted by Crippen LogP contribution is 2.27. The van der Waals surface area contributed by atoms with Crippen LogP contribution < -0.4 is 4.90 Å². The van der Waals surface area contributed by atoms with E-state index >= 15 is 0 Å². The molecule has 4 heteroatoms. The molecule has 0 N–H and O–H groups in total. The standard InChI is InChI=1S/C17H18ClN3/c1-3-14-4-6-15(7-5-14)20-10-8-16(9-11-20)21-12-17(18)13(2)19-21/h1,4-7,12,16H,8-11H2,2H3. The minimum absolute atomic E-state index is 0.442. The summed E-state index contributed by atoms with van der Waals surface area (Å²) in [6, 6.07) is 8.64. The van der Waals surface area contributed by atoms with Gasteiger partial charge in [0.15, 0.2) is 0 Å². The SMILES string of the molecule is C#Cc1ccc(N2CCC(n3cc(Cl)c(C)n3)CC2)cc1. The lowest BCUT2D eigenvalue weighted by atomic mass is 10.0. The van der Waals surface area contributed by atoms with Gasteiger partial charge >= 0.3 is 0 Å². The number of hydrogen-bond donors (Lipinski definition) is 0. The van der Waals surface area contributed by atoms with Gasteiger partial charge in [0.25, 0.3) is 0 Å². The first kappa shape index (κ1) is 14.0. The van der Waals surface area contributed by atoms with E-state index in [1.54, 1.807) is 0 Å². The Morgan fingerprint density at radius 1 is 1.24 bits per heavy atom. The molecule has 0 bridgehead atoms. The lowest BCUT2D eigenvalue weighted by Crippen LogP contribution is -2.34. The van der Waals surface area contributed by atoms with Crippen LogP contribution in [0.25, 0.3) is 0 Å². The normalized spacial score (nSPS) is 16.0. The first-order chi connectivity index (χ1) is 10.2. The van der Waals surface area contributed by atoms with Gasteiger partial charge in [-0.25, -0.2) is 0 Å². The van der Waals surface area contributed by atoms with Crippen LogP contribution in [0.4, 0.5) is 5.69 Å². The molecule has 108 valence electrons. The number of halogens is 1. The Hall–Kier alpha value is -1.92. The number of nitrogens with zero attached hydrogens (tertiary/aromatic N) is 3. The van der Waals surface area contributed by atoms with Crippen LogP contribution in [0, 0.1) is 19.3 Å². The summed E-state index contributed by atoms with van der Waals surface area (Å²) < 4.78 is 2.02. The van der Waals surface area contributed by atoms with Crippen LogP contribution in [0.5, 0.6) is 0 Å². The highest BCUT2D eigenvalue weighted by Gasteiger charge is 2.21. The lowest BCUT2D eigenvalue weighted by Gasteiger charge is -2.33. The molecule has 1 aromatic heterocycles. The van der Waals surface area contributed by atoms with E-state index in [1.807, 2.05) is 29.9 Å². The highest BCUT2D eigenvalue weighted by molar-refractivity contribution is 6.31. The number of aryl methyl sites for hydroxylation is 1. The van der Waals surface area contributed by atoms with E-state index in [1.165, 1.54) is 5.69 Å². The van der Waals surface area contributed by atoms with Crippen molar-refractivity contribution in [3.8, 4) is 12.3 Å². The van der Waals surface area contributed by atoms with Gasteiger partial charge in [0.2, 0.25) is 0 Å². The average molecular weight is 300 g/mol. The maximum Gasteiger partial charge on any atom is 0.0815 e. The number of piperidine rings is 1. The lowest BCUT2D eigenvalue weighted by molar-refractivity contribution is 0.366. The summed E-state index contributed by atoms with van der Waals surface area (Å²) in [7, 11) is 0. The molecule has 1 aliphatic rings. The van der Waals surface area contributed by atoms with E-state index in [0.717, 1.165) is 42.2 Å². The molecule has 21 heavy (non-hydrogen) atoms. The summed E-state index contributed by atoms with van der Waals surface area (Å²) in [6.07, 6.45) is 9.49. The van der Waals surface area contributed by atoms with Crippen LogP contribution >= 0.6 is 11.6 Å². The second kappa shape index (κ2) is 5.83. The zero-order valence-corrected chi connectivity index (χ0v) is 12.8. The summed E-state index contributed by atoms with van der Waals surface area (Å²) in [5.74, 6) is 2.65. The van der Waals surface area contributed by atoms with E-state index in [2.05, 4.69) is 28.1 Å². The zero-order valence-electron chi connectivity index (χ0n) is 12.1. The smallest absolute Gasteiger partial charge is 0.0815 e. The highest BCUT2D eigenvalue weighted by atomic mass is 35.5. The maximum absolute atomic E-state index is 6.09. The van der Waals surface area contributed by atoms with E-state index in [-0.39, 0.29) is 0 Å². The van der Waals surface area contributed by atoms with Gasteiger partial charge in [-0.2, -0.15) is 5.10 Å². The molecule has 0 radical (unpaired) electrons. The molecule has 1 saturated heterocycles. The van der Waals surface area contributed by atoms with Gasteiger partial charge in [0.05, 0.1) is 16.8 Å². The van der Waals surface area contributed by atoms with E-state index in [4.69, 9.17) is 18.0 Å². The third kappa shape index (κ3) is 2.91. The van der Waals surface area contributed by atoms with Crippen molar-refractivity contribution in [2.45, 2.75) is 25.8 Å². The van der Waals surface area contributed by atoms with Gasteiger partial charge in [-0.1, -0.05) is 17.5 Å². The van der Waals surface area contributed by atoms with E-state index in [9.17, 15) is 0 Å². The second-order valence-corrected chi connectivity index (χ2v) is 5.86. The van der Waals surface area contributed by atoms with E-state index < -0.39 is 0 Å². The fourth-order valence-corrected chi connectivity index (χ4v) is 2.94. The Kier molecular flexibility index (Phi) is 3.90. The Labute approximate surface area is 130 Å². The van der Waals surface area contributed by atoms with Crippen LogP contribution in [0.15, 0.2) is 30.5 Å². The minimum atomic E-state index is 0.442. The number of benzene rings is 1. The molecule has 3 nitrogen and oxygen atoms in total. The molecule has 1 fully saturated rings. The molecule has 0 aliphatic carbocycles. The predicted octanol–water partition coefficient (Wildman–Crippen LogP) is 3.67. The molecule has 1 aliphatic heterocycles. The van der Waals surface area contributed by atoms with Crippen molar-refractivity contribution in [3.63, 3.8) is 0 Å². The summed E-state index contributed by atoms with van der Waals surface area (Å²) in [5, 5.41) is 5.25. The third-order valence-corrected chi connectivity index (χ3v) is 4.47. The molecule has 0 amide bonds. The first-order valence-electron chi connectivity index (χ1n) is 7.20. The summed E-state index contributed by atoms with van der Waals surface area (Å²) in [6.45, 7) is 3.99. The number of aromatic nitrogens is 2. The van der Waals surface area contributed by atoms with Gasteiger partial charge in [-0.15, -0.1) is 6.42 Å². The van der Waals surface area contributed by atoms with Crippen molar-refractivity contribution in [2.24, 2.45) is 0 Å². The van der Waals surface area contributed by atoms with E-state index in [0.29, 0.717) is 6.04 Å². The molecule has 0 unspecified atom stereocenters. The first-order valence-corrected chi connectivity index (χ1v) is 7.58. The number of hydrogen-bond acceptors (Lipinski definition) is 2. The predicted molar refractivity (Wildman–Crippen MR) is 86.8 cm³/mol. The quantitative estimate of drug-likeness (QED) is 0.789. The maximum atomic E-state index is 6.09. The summed E-state index contributed by atoms with van der Waals surface area (Å²) in [5.41, 5.74) is 3.07. The Balaban J connectivity index is 1.65. The number of anilines is 1. The third-order valence-electron chi connectivity index (χ3n) is 4.09.